The SMILES string of the molecule is c1nc(C2=N[C@@H](C3CCCCC3)CO2)cnc1C1=N[C@@H](C2CCCCC2)CO1. The van der Waals surface area contributed by atoms with Crippen LogP contribution in [-0.2, 0) is 9.47 Å². The van der Waals surface area contributed by atoms with E-state index in [2.05, 4.69) is 9.97 Å². The number of rotatable bonds is 4. The van der Waals surface area contributed by atoms with E-state index in [-0.39, 0.29) is 12.1 Å². The summed E-state index contributed by atoms with van der Waals surface area (Å²) in [5, 5.41) is 0. The van der Waals surface area contributed by atoms with Crippen LogP contribution in [0.2, 0.25) is 0 Å². The van der Waals surface area contributed by atoms with Crippen LogP contribution in [0, 0.1) is 11.8 Å². The van der Waals surface area contributed by atoms with E-state index in [0.717, 1.165) is 0 Å². The largest absolute Gasteiger partial charge is 0.474 e. The average molecular weight is 383 g/mol. The third kappa shape index (κ3) is 3.78. The Bertz CT molecular complexity index is 670. The van der Waals surface area contributed by atoms with Gasteiger partial charge >= 0.3 is 0 Å². The van der Waals surface area contributed by atoms with Gasteiger partial charge in [0.1, 0.15) is 24.6 Å². The van der Waals surface area contributed by atoms with Crippen molar-refractivity contribution in [3.8, 4) is 0 Å². The second kappa shape index (κ2) is 8.18. The second-order valence-electron chi connectivity index (χ2n) is 8.71. The molecule has 6 heteroatoms. The maximum absolute atomic E-state index is 5.85. The van der Waals surface area contributed by atoms with E-state index in [0.29, 0.717) is 48.2 Å². The lowest BCUT2D eigenvalue weighted by Gasteiger charge is -2.24. The summed E-state index contributed by atoms with van der Waals surface area (Å²) in [6.07, 6.45) is 16.6. The quantitative estimate of drug-likeness (QED) is 0.791. The molecule has 28 heavy (non-hydrogen) atoms. The Morgan fingerprint density at radius 1 is 0.607 bits per heavy atom. The maximum atomic E-state index is 5.85. The summed E-state index contributed by atoms with van der Waals surface area (Å²) >= 11 is 0. The predicted molar refractivity (Wildman–Crippen MR) is 108 cm³/mol. The van der Waals surface area contributed by atoms with Gasteiger partial charge in [-0.25, -0.2) is 20.0 Å². The standard InChI is InChI=1S/C22H30N4O2/c1-3-7-15(8-4-1)19-13-27-21(25-19)17-11-24-18(12-23-17)22-26-20(14-28-22)16-9-5-2-6-10-16/h11-12,15-16,19-20H,1-10,13-14H2/t19-,20-/m1/s1. The smallest absolute Gasteiger partial charge is 0.237 e. The molecule has 2 atom stereocenters. The molecule has 5 rings (SSSR count). The first-order valence-corrected chi connectivity index (χ1v) is 11.1. The van der Waals surface area contributed by atoms with Crippen molar-refractivity contribution in [3.63, 3.8) is 0 Å². The Labute approximate surface area is 166 Å². The molecule has 0 bridgehead atoms. The molecule has 2 aliphatic heterocycles. The first-order chi connectivity index (χ1) is 13.9. The van der Waals surface area contributed by atoms with Gasteiger partial charge in [0.15, 0.2) is 0 Å². The van der Waals surface area contributed by atoms with Gasteiger partial charge in [0.2, 0.25) is 11.8 Å². The second-order valence-corrected chi connectivity index (χ2v) is 8.71. The number of hydrogen-bond donors (Lipinski definition) is 0. The van der Waals surface area contributed by atoms with Gasteiger partial charge < -0.3 is 9.47 Å². The summed E-state index contributed by atoms with van der Waals surface area (Å²) in [6.45, 7) is 1.37. The molecule has 0 spiro atoms. The van der Waals surface area contributed by atoms with Crippen LogP contribution in [-0.4, -0.2) is 47.1 Å². The summed E-state index contributed by atoms with van der Waals surface area (Å²) < 4.78 is 11.7. The molecule has 1 aromatic rings. The first kappa shape index (κ1) is 18.1. The fourth-order valence-electron chi connectivity index (χ4n) is 5.13. The van der Waals surface area contributed by atoms with Crippen molar-refractivity contribution in [2.24, 2.45) is 21.8 Å². The Hall–Kier alpha value is -1.98. The monoisotopic (exact) mass is 382 g/mol. The molecule has 2 aliphatic carbocycles. The lowest BCUT2D eigenvalue weighted by atomic mass is 9.84. The van der Waals surface area contributed by atoms with Crippen molar-refractivity contribution in [1.82, 2.24) is 9.97 Å². The molecule has 0 unspecified atom stereocenters. The Kier molecular flexibility index (Phi) is 5.28. The molecular weight excluding hydrogens is 352 g/mol. The summed E-state index contributed by atoms with van der Waals surface area (Å²) in [5.41, 5.74) is 1.42. The first-order valence-electron chi connectivity index (χ1n) is 11.1. The number of nitrogens with zero attached hydrogens (tertiary/aromatic N) is 4. The van der Waals surface area contributed by atoms with Gasteiger partial charge in [-0.1, -0.05) is 38.5 Å². The van der Waals surface area contributed by atoms with Crippen LogP contribution >= 0.6 is 0 Å². The molecule has 4 aliphatic rings. The van der Waals surface area contributed by atoms with Crippen molar-refractivity contribution >= 4 is 11.8 Å². The van der Waals surface area contributed by atoms with Crippen molar-refractivity contribution in [2.45, 2.75) is 76.3 Å². The van der Waals surface area contributed by atoms with Gasteiger partial charge in [0.25, 0.3) is 0 Å². The van der Waals surface area contributed by atoms with Crippen LogP contribution in [0.4, 0.5) is 0 Å². The Balaban J connectivity index is 1.25. The lowest BCUT2D eigenvalue weighted by Crippen LogP contribution is -2.22. The number of hydrogen-bond acceptors (Lipinski definition) is 6. The van der Waals surface area contributed by atoms with Gasteiger partial charge in [-0.05, 0) is 37.5 Å². The van der Waals surface area contributed by atoms with Gasteiger partial charge in [0.05, 0.1) is 24.5 Å². The normalized spacial score (nSPS) is 29.1. The van der Waals surface area contributed by atoms with Crippen molar-refractivity contribution < 1.29 is 9.47 Å². The summed E-state index contributed by atoms with van der Waals surface area (Å²) in [7, 11) is 0. The van der Waals surface area contributed by atoms with Crippen LogP contribution in [0.1, 0.15) is 75.6 Å². The summed E-state index contributed by atoms with van der Waals surface area (Å²) in [4.78, 5) is 18.7. The minimum atomic E-state index is 0.288. The molecule has 2 saturated carbocycles. The van der Waals surface area contributed by atoms with E-state index < -0.39 is 0 Å². The van der Waals surface area contributed by atoms with Gasteiger partial charge in [-0.2, -0.15) is 0 Å². The topological polar surface area (TPSA) is 69.0 Å². The molecule has 0 saturated heterocycles. The third-order valence-corrected chi connectivity index (χ3v) is 6.83. The zero-order valence-corrected chi connectivity index (χ0v) is 16.6. The Morgan fingerprint density at radius 3 is 1.43 bits per heavy atom. The predicted octanol–water partition coefficient (Wildman–Crippen LogP) is 3.93. The fourth-order valence-corrected chi connectivity index (χ4v) is 5.13. The fraction of sp³-hybridized carbons (Fsp3) is 0.727. The van der Waals surface area contributed by atoms with Crippen LogP contribution in [0.15, 0.2) is 22.4 Å². The summed E-state index contributed by atoms with van der Waals surface area (Å²) in [5.74, 6) is 2.61. The zero-order chi connectivity index (χ0) is 18.8. The number of ether oxygens (including phenoxy) is 2. The molecule has 6 nitrogen and oxygen atoms in total. The summed E-state index contributed by atoms with van der Waals surface area (Å²) in [6, 6.07) is 0.575. The van der Waals surface area contributed by atoms with E-state index in [4.69, 9.17) is 19.5 Å². The molecule has 3 heterocycles. The van der Waals surface area contributed by atoms with Crippen molar-refractivity contribution in [3.05, 3.63) is 23.8 Å². The van der Waals surface area contributed by atoms with E-state index >= 15 is 0 Å². The minimum absolute atomic E-state index is 0.288. The molecular formula is C22H30N4O2. The van der Waals surface area contributed by atoms with E-state index in [1.807, 2.05) is 0 Å². The maximum Gasteiger partial charge on any atom is 0.237 e. The molecule has 0 radical (unpaired) electrons. The van der Waals surface area contributed by atoms with Crippen LogP contribution in [0.5, 0.6) is 0 Å². The minimum Gasteiger partial charge on any atom is -0.474 e. The molecule has 2 fully saturated rings. The van der Waals surface area contributed by atoms with Crippen molar-refractivity contribution in [1.29, 1.82) is 0 Å². The number of aliphatic imine (C=N–C) groups is 2. The van der Waals surface area contributed by atoms with E-state index in [1.54, 1.807) is 12.4 Å². The van der Waals surface area contributed by atoms with Crippen LogP contribution < -0.4 is 0 Å². The molecule has 0 N–H and O–H groups in total. The van der Waals surface area contributed by atoms with E-state index in [9.17, 15) is 0 Å². The molecule has 0 amide bonds. The molecule has 1 aromatic heterocycles. The number of aromatic nitrogens is 2. The average Bonchev–Trinajstić information content (AvgIpc) is 3.46. The molecule has 150 valence electrons. The highest BCUT2D eigenvalue weighted by molar-refractivity contribution is 5.95. The Morgan fingerprint density at radius 2 is 1.04 bits per heavy atom. The highest BCUT2D eigenvalue weighted by Gasteiger charge is 2.31. The van der Waals surface area contributed by atoms with Crippen LogP contribution in [0.25, 0.3) is 0 Å². The van der Waals surface area contributed by atoms with Gasteiger partial charge in [0, 0.05) is 0 Å². The van der Waals surface area contributed by atoms with Crippen LogP contribution in [0.3, 0.4) is 0 Å². The van der Waals surface area contributed by atoms with Gasteiger partial charge in [-0.3, -0.25) is 0 Å². The highest BCUT2D eigenvalue weighted by Crippen LogP contribution is 2.31. The van der Waals surface area contributed by atoms with Crippen molar-refractivity contribution in [2.75, 3.05) is 13.2 Å². The lowest BCUT2D eigenvalue weighted by molar-refractivity contribution is 0.240. The zero-order valence-electron chi connectivity index (χ0n) is 16.6. The van der Waals surface area contributed by atoms with E-state index in [1.165, 1.54) is 64.2 Å². The third-order valence-electron chi connectivity index (χ3n) is 6.83. The molecule has 0 aromatic carbocycles. The highest BCUT2D eigenvalue weighted by atomic mass is 16.5. The van der Waals surface area contributed by atoms with Gasteiger partial charge in [-0.15, -0.1) is 0 Å².